The number of carbonyl (C=O) groups is 1. The van der Waals surface area contributed by atoms with Crippen LogP contribution in [0.3, 0.4) is 0 Å². The summed E-state index contributed by atoms with van der Waals surface area (Å²) < 4.78 is 5.44. The molecule has 1 aromatic heterocycles. The van der Waals surface area contributed by atoms with Crippen LogP contribution in [0.15, 0.2) is 12.4 Å². The van der Waals surface area contributed by atoms with E-state index in [1.54, 1.807) is 19.3 Å². The van der Waals surface area contributed by atoms with Crippen LogP contribution in [0.2, 0.25) is 0 Å². The number of carboxylic acids is 1. The normalized spacial score (nSPS) is 13.5. The van der Waals surface area contributed by atoms with Gasteiger partial charge in [0, 0.05) is 6.04 Å². The van der Waals surface area contributed by atoms with Crippen molar-refractivity contribution in [3.8, 4) is 5.88 Å². The molecule has 21 heavy (non-hydrogen) atoms. The van der Waals surface area contributed by atoms with Crippen molar-refractivity contribution in [2.24, 2.45) is 5.92 Å². The van der Waals surface area contributed by atoms with Gasteiger partial charge in [-0.2, -0.15) is 4.98 Å². The van der Waals surface area contributed by atoms with E-state index in [9.17, 15) is 4.79 Å². The van der Waals surface area contributed by atoms with Gasteiger partial charge in [-0.25, -0.2) is 0 Å². The van der Waals surface area contributed by atoms with Crippen LogP contribution < -0.4 is 10.1 Å². The van der Waals surface area contributed by atoms with Gasteiger partial charge in [0.15, 0.2) is 0 Å². The Morgan fingerprint density at radius 1 is 1.38 bits per heavy atom. The molecule has 2 N–H and O–H groups in total. The Kier molecular flexibility index (Phi) is 7.50. The minimum absolute atomic E-state index is 0.210. The van der Waals surface area contributed by atoms with Crippen molar-refractivity contribution in [1.82, 2.24) is 9.97 Å². The minimum Gasteiger partial charge on any atom is -0.481 e. The summed E-state index contributed by atoms with van der Waals surface area (Å²) in [4.78, 5) is 19.2. The molecule has 0 saturated heterocycles. The van der Waals surface area contributed by atoms with Gasteiger partial charge in [0.25, 0.3) is 0 Å². The van der Waals surface area contributed by atoms with Gasteiger partial charge in [-0.3, -0.25) is 9.78 Å². The lowest BCUT2D eigenvalue weighted by Gasteiger charge is -2.15. The van der Waals surface area contributed by atoms with Crippen molar-refractivity contribution in [2.45, 2.75) is 52.5 Å². The zero-order valence-corrected chi connectivity index (χ0v) is 13.0. The van der Waals surface area contributed by atoms with Gasteiger partial charge in [0.05, 0.1) is 24.9 Å². The molecule has 0 saturated carbocycles. The van der Waals surface area contributed by atoms with Gasteiger partial charge >= 0.3 is 5.97 Å². The van der Waals surface area contributed by atoms with Gasteiger partial charge in [-0.05, 0) is 26.2 Å². The maximum Gasteiger partial charge on any atom is 0.306 e. The highest BCUT2D eigenvalue weighted by molar-refractivity contribution is 5.69. The Bertz CT molecular complexity index is 440. The number of ether oxygens (including phenoxy) is 1. The third-order valence-electron chi connectivity index (χ3n) is 3.16. The standard InChI is InChI=1S/C15H25N3O3/c1-4-8-21-14-10-16-9-13(18-14)17-12(3)7-5-6-11(2)15(19)20/h9-12H,4-8H2,1-3H3,(H,17,18)(H,19,20). The molecule has 0 spiro atoms. The lowest BCUT2D eigenvalue weighted by atomic mass is 10.0. The summed E-state index contributed by atoms with van der Waals surface area (Å²) in [6.07, 6.45) is 6.62. The van der Waals surface area contributed by atoms with Crippen LogP contribution in [-0.4, -0.2) is 33.7 Å². The number of carboxylic acid groups (broad SMARTS) is 1. The van der Waals surface area contributed by atoms with Gasteiger partial charge < -0.3 is 15.2 Å². The minimum atomic E-state index is -0.734. The van der Waals surface area contributed by atoms with E-state index in [1.807, 2.05) is 13.8 Å². The van der Waals surface area contributed by atoms with Gasteiger partial charge in [0.2, 0.25) is 5.88 Å². The van der Waals surface area contributed by atoms with E-state index in [1.165, 1.54) is 0 Å². The summed E-state index contributed by atoms with van der Waals surface area (Å²) in [6.45, 7) is 6.45. The number of nitrogens with zero attached hydrogens (tertiary/aromatic N) is 2. The van der Waals surface area contributed by atoms with E-state index in [4.69, 9.17) is 9.84 Å². The molecule has 118 valence electrons. The van der Waals surface area contributed by atoms with Crippen LogP contribution in [0.25, 0.3) is 0 Å². The lowest BCUT2D eigenvalue weighted by molar-refractivity contribution is -0.141. The number of rotatable bonds is 10. The molecule has 6 nitrogen and oxygen atoms in total. The summed E-state index contributed by atoms with van der Waals surface area (Å²) in [6, 6.07) is 0.210. The monoisotopic (exact) mass is 295 g/mol. The van der Waals surface area contributed by atoms with E-state index < -0.39 is 5.97 Å². The molecule has 1 aromatic rings. The molecular weight excluding hydrogens is 270 g/mol. The Labute approximate surface area is 126 Å². The number of hydrogen-bond acceptors (Lipinski definition) is 5. The maximum atomic E-state index is 10.7. The molecule has 0 aliphatic carbocycles. The molecule has 0 aliphatic heterocycles. The predicted octanol–water partition coefficient (Wildman–Crippen LogP) is 2.96. The topological polar surface area (TPSA) is 84.3 Å². The highest BCUT2D eigenvalue weighted by Gasteiger charge is 2.11. The quantitative estimate of drug-likeness (QED) is 0.690. The average Bonchev–Trinajstić information content (AvgIpc) is 2.45. The van der Waals surface area contributed by atoms with E-state index in [0.717, 1.165) is 19.3 Å². The smallest absolute Gasteiger partial charge is 0.306 e. The SMILES string of the molecule is CCCOc1cncc(NC(C)CCCC(C)C(=O)O)n1. The predicted molar refractivity (Wildman–Crippen MR) is 81.6 cm³/mol. The van der Waals surface area contributed by atoms with E-state index in [-0.39, 0.29) is 12.0 Å². The van der Waals surface area contributed by atoms with E-state index in [0.29, 0.717) is 24.7 Å². The second kappa shape index (κ2) is 9.15. The zero-order chi connectivity index (χ0) is 15.7. The Morgan fingerprint density at radius 3 is 2.81 bits per heavy atom. The fraction of sp³-hybridized carbons (Fsp3) is 0.667. The number of anilines is 1. The first-order valence-corrected chi connectivity index (χ1v) is 7.47. The zero-order valence-electron chi connectivity index (χ0n) is 13.0. The number of nitrogens with one attached hydrogen (secondary N) is 1. The van der Waals surface area contributed by atoms with E-state index in [2.05, 4.69) is 15.3 Å². The van der Waals surface area contributed by atoms with Crippen LogP contribution in [0.4, 0.5) is 5.82 Å². The lowest BCUT2D eigenvalue weighted by Crippen LogP contribution is -2.17. The van der Waals surface area contributed by atoms with E-state index >= 15 is 0 Å². The second-order valence-corrected chi connectivity index (χ2v) is 5.31. The third-order valence-corrected chi connectivity index (χ3v) is 3.16. The molecule has 0 bridgehead atoms. The summed E-state index contributed by atoms with van der Waals surface area (Å²) >= 11 is 0. The second-order valence-electron chi connectivity index (χ2n) is 5.31. The highest BCUT2D eigenvalue weighted by Crippen LogP contribution is 2.14. The summed E-state index contributed by atoms with van der Waals surface area (Å²) in [7, 11) is 0. The van der Waals surface area contributed by atoms with Crippen LogP contribution in [-0.2, 0) is 4.79 Å². The Morgan fingerprint density at radius 2 is 2.14 bits per heavy atom. The summed E-state index contributed by atoms with van der Waals surface area (Å²) in [5.74, 6) is 0.181. The molecule has 1 heterocycles. The molecule has 6 heteroatoms. The number of hydrogen-bond donors (Lipinski definition) is 2. The van der Waals surface area contributed by atoms with Crippen LogP contribution in [0, 0.1) is 5.92 Å². The molecule has 0 aliphatic rings. The molecular formula is C15H25N3O3. The molecule has 0 fully saturated rings. The number of aliphatic carboxylic acids is 1. The molecule has 0 aromatic carbocycles. The molecule has 0 radical (unpaired) electrons. The number of aromatic nitrogens is 2. The van der Waals surface area contributed by atoms with Gasteiger partial charge in [-0.15, -0.1) is 0 Å². The first-order valence-electron chi connectivity index (χ1n) is 7.47. The first kappa shape index (κ1) is 17.2. The van der Waals surface area contributed by atoms with Gasteiger partial charge in [0.1, 0.15) is 5.82 Å². The molecule has 2 unspecified atom stereocenters. The van der Waals surface area contributed by atoms with Crippen molar-refractivity contribution in [2.75, 3.05) is 11.9 Å². The van der Waals surface area contributed by atoms with Crippen LogP contribution >= 0.6 is 0 Å². The molecule has 1 rings (SSSR count). The molecule has 2 atom stereocenters. The maximum absolute atomic E-state index is 10.7. The van der Waals surface area contributed by atoms with Crippen LogP contribution in [0.5, 0.6) is 5.88 Å². The average molecular weight is 295 g/mol. The Balaban J connectivity index is 2.36. The van der Waals surface area contributed by atoms with Crippen molar-refractivity contribution < 1.29 is 14.6 Å². The Hall–Kier alpha value is -1.85. The van der Waals surface area contributed by atoms with Crippen molar-refractivity contribution >= 4 is 11.8 Å². The van der Waals surface area contributed by atoms with Crippen LogP contribution in [0.1, 0.15) is 46.5 Å². The fourth-order valence-electron chi connectivity index (χ4n) is 1.87. The highest BCUT2D eigenvalue weighted by atomic mass is 16.5. The van der Waals surface area contributed by atoms with Crippen molar-refractivity contribution in [3.63, 3.8) is 0 Å². The largest absolute Gasteiger partial charge is 0.481 e. The van der Waals surface area contributed by atoms with Crippen molar-refractivity contribution in [3.05, 3.63) is 12.4 Å². The summed E-state index contributed by atoms with van der Waals surface area (Å²) in [5, 5.41) is 12.1. The first-order chi connectivity index (χ1) is 10.0. The summed E-state index contributed by atoms with van der Waals surface area (Å²) in [5.41, 5.74) is 0. The fourth-order valence-corrected chi connectivity index (χ4v) is 1.87. The third kappa shape index (κ3) is 6.92. The molecule has 0 amide bonds. The van der Waals surface area contributed by atoms with Gasteiger partial charge in [-0.1, -0.05) is 20.3 Å². The van der Waals surface area contributed by atoms with Crippen molar-refractivity contribution in [1.29, 1.82) is 0 Å².